The van der Waals surface area contributed by atoms with Gasteiger partial charge in [0.25, 0.3) is 0 Å². The molecule has 0 spiro atoms. The summed E-state index contributed by atoms with van der Waals surface area (Å²) in [6, 6.07) is 19.0. The second kappa shape index (κ2) is 6.05. The van der Waals surface area contributed by atoms with E-state index in [4.69, 9.17) is 11.5 Å². The first-order chi connectivity index (χ1) is 10.7. The van der Waals surface area contributed by atoms with Gasteiger partial charge in [-0.1, -0.05) is 0 Å². The van der Waals surface area contributed by atoms with E-state index in [1.165, 1.54) is 0 Å². The van der Waals surface area contributed by atoms with Gasteiger partial charge in [0.2, 0.25) is 0 Å². The minimum absolute atomic E-state index is 0.738. The van der Waals surface area contributed by atoms with Crippen LogP contribution in [-0.2, 0) is 0 Å². The first-order valence-electron chi connectivity index (χ1n) is 6.90. The smallest absolute Gasteiger partial charge is 0.130 e. The van der Waals surface area contributed by atoms with E-state index < -0.39 is 0 Å². The fourth-order valence-electron chi connectivity index (χ4n) is 1.99. The van der Waals surface area contributed by atoms with Gasteiger partial charge < -0.3 is 22.1 Å². The van der Waals surface area contributed by atoms with Crippen LogP contribution in [0.15, 0.2) is 66.9 Å². The van der Waals surface area contributed by atoms with Crippen molar-refractivity contribution in [3.05, 3.63) is 66.9 Å². The van der Waals surface area contributed by atoms with Crippen LogP contribution < -0.4 is 22.1 Å². The first-order valence-corrected chi connectivity index (χ1v) is 6.90. The highest BCUT2D eigenvalue weighted by atomic mass is 15.0. The Morgan fingerprint density at radius 1 is 0.591 bits per heavy atom. The number of rotatable bonds is 4. The van der Waals surface area contributed by atoms with Gasteiger partial charge in [-0.3, -0.25) is 0 Å². The number of nitrogens with two attached hydrogens (primary N) is 2. The van der Waals surface area contributed by atoms with Crippen molar-refractivity contribution >= 4 is 34.3 Å². The number of benzene rings is 2. The fourth-order valence-corrected chi connectivity index (χ4v) is 1.99. The van der Waals surface area contributed by atoms with E-state index in [9.17, 15) is 0 Å². The third-order valence-electron chi connectivity index (χ3n) is 3.15. The number of nitrogens with one attached hydrogen (secondary N) is 2. The number of aromatic nitrogens is 1. The molecule has 3 aromatic rings. The zero-order valence-corrected chi connectivity index (χ0v) is 12.0. The number of nitrogens with zero attached hydrogens (tertiary/aromatic N) is 1. The highest BCUT2D eigenvalue weighted by molar-refractivity contribution is 5.64. The van der Waals surface area contributed by atoms with E-state index in [1.54, 1.807) is 6.20 Å². The van der Waals surface area contributed by atoms with Gasteiger partial charge in [0.15, 0.2) is 0 Å². The van der Waals surface area contributed by atoms with Crippen molar-refractivity contribution in [3.8, 4) is 0 Å². The van der Waals surface area contributed by atoms with Crippen molar-refractivity contribution in [1.29, 1.82) is 0 Å². The average molecular weight is 291 g/mol. The summed E-state index contributed by atoms with van der Waals surface area (Å²) in [5.41, 5.74) is 15.6. The van der Waals surface area contributed by atoms with E-state index in [1.807, 2.05) is 60.7 Å². The average Bonchev–Trinajstić information content (AvgIpc) is 2.54. The zero-order valence-electron chi connectivity index (χ0n) is 12.0. The molecule has 1 heterocycles. The van der Waals surface area contributed by atoms with Gasteiger partial charge in [-0.15, -0.1) is 0 Å². The summed E-state index contributed by atoms with van der Waals surface area (Å²) < 4.78 is 0. The summed E-state index contributed by atoms with van der Waals surface area (Å²) in [5, 5.41) is 6.49. The van der Waals surface area contributed by atoms with E-state index in [-0.39, 0.29) is 0 Å². The standard InChI is InChI=1S/C17H17N5/c18-12-1-5-14(6-2-12)21-16-9-10-17(20-11-16)22-15-7-3-13(19)4-8-15/h1-11,21H,18-19H2,(H,20,22). The molecular formula is C17H17N5. The van der Waals surface area contributed by atoms with E-state index >= 15 is 0 Å². The van der Waals surface area contributed by atoms with Crippen LogP contribution in [0.5, 0.6) is 0 Å². The number of anilines is 6. The molecule has 2 aromatic carbocycles. The van der Waals surface area contributed by atoms with Crippen LogP contribution in [0, 0.1) is 0 Å². The van der Waals surface area contributed by atoms with Crippen molar-refractivity contribution < 1.29 is 0 Å². The molecule has 0 amide bonds. The molecule has 5 nitrogen and oxygen atoms in total. The Kier molecular flexibility index (Phi) is 3.78. The van der Waals surface area contributed by atoms with Crippen molar-refractivity contribution in [1.82, 2.24) is 4.98 Å². The lowest BCUT2D eigenvalue weighted by molar-refractivity contribution is 1.30. The first kappa shape index (κ1) is 13.8. The topological polar surface area (TPSA) is 89.0 Å². The Hall–Kier alpha value is -3.21. The molecule has 0 aliphatic heterocycles. The SMILES string of the molecule is Nc1ccc(Nc2ccc(Nc3ccc(N)cc3)nc2)cc1. The molecule has 1 aromatic heterocycles. The molecule has 0 bridgehead atoms. The van der Waals surface area contributed by atoms with Gasteiger partial charge in [-0.25, -0.2) is 4.98 Å². The van der Waals surface area contributed by atoms with Crippen molar-refractivity contribution in [2.45, 2.75) is 0 Å². The molecule has 22 heavy (non-hydrogen) atoms. The number of nitrogen functional groups attached to an aromatic ring is 2. The molecule has 0 saturated heterocycles. The van der Waals surface area contributed by atoms with E-state index in [2.05, 4.69) is 15.6 Å². The number of hydrogen-bond donors (Lipinski definition) is 4. The molecule has 0 saturated carbocycles. The molecule has 0 unspecified atom stereocenters. The Bertz CT molecular complexity index is 667. The lowest BCUT2D eigenvalue weighted by Crippen LogP contribution is -1.96. The highest BCUT2D eigenvalue weighted by Crippen LogP contribution is 2.20. The summed E-state index contributed by atoms with van der Waals surface area (Å²) in [7, 11) is 0. The van der Waals surface area contributed by atoms with Crippen LogP contribution in [0.3, 0.4) is 0 Å². The Morgan fingerprint density at radius 3 is 1.59 bits per heavy atom. The molecule has 5 heteroatoms. The van der Waals surface area contributed by atoms with E-state index in [0.29, 0.717) is 0 Å². The van der Waals surface area contributed by atoms with Gasteiger partial charge in [-0.2, -0.15) is 0 Å². The summed E-state index contributed by atoms with van der Waals surface area (Å²) in [6.45, 7) is 0. The normalized spacial score (nSPS) is 10.2. The van der Waals surface area contributed by atoms with Gasteiger partial charge in [0.05, 0.1) is 11.9 Å². The second-order valence-corrected chi connectivity index (χ2v) is 4.93. The van der Waals surface area contributed by atoms with Gasteiger partial charge in [0.1, 0.15) is 5.82 Å². The predicted molar refractivity (Wildman–Crippen MR) is 92.5 cm³/mol. The third kappa shape index (κ3) is 3.46. The lowest BCUT2D eigenvalue weighted by Gasteiger charge is -2.09. The van der Waals surface area contributed by atoms with E-state index in [0.717, 1.165) is 34.3 Å². The Labute approximate surface area is 129 Å². The largest absolute Gasteiger partial charge is 0.399 e. The highest BCUT2D eigenvalue weighted by Gasteiger charge is 1.98. The lowest BCUT2D eigenvalue weighted by atomic mass is 10.2. The molecule has 3 rings (SSSR count). The van der Waals surface area contributed by atoms with Gasteiger partial charge in [0, 0.05) is 22.7 Å². The molecule has 0 fully saturated rings. The number of pyridine rings is 1. The maximum absolute atomic E-state index is 5.67. The summed E-state index contributed by atoms with van der Waals surface area (Å²) in [5.74, 6) is 0.771. The molecule has 0 aliphatic rings. The van der Waals surface area contributed by atoms with Crippen LogP contribution in [0.4, 0.5) is 34.3 Å². The molecular weight excluding hydrogens is 274 g/mol. The van der Waals surface area contributed by atoms with Crippen LogP contribution in [-0.4, -0.2) is 4.98 Å². The second-order valence-electron chi connectivity index (χ2n) is 4.93. The van der Waals surface area contributed by atoms with Crippen LogP contribution >= 0.6 is 0 Å². The van der Waals surface area contributed by atoms with Gasteiger partial charge >= 0.3 is 0 Å². The quantitative estimate of drug-likeness (QED) is 0.550. The maximum atomic E-state index is 5.67. The van der Waals surface area contributed by atoms with Crippen molar-refractivity contribution in [2.75, 3.05) is 22.1 Å². The van der Waals surface area contributed by atoms with Gasteiger partial charge in [-0.05, 0) is 60.7 Å². The summed E-state index contributed by atoms with van der Waals surface area (Å²) in [6.07, 6.45) is 1.77. The minimum atomic E-state index is 0.738. The minimum Gasteiger partial charge on any atom is -0.399 e. The zero-order chi connectivity index (χ0) is 15.4. The Morgan fingerprint density at radius 2 is 1.09 bits per heavy atom. The van der Waals surface area contributed by atoms with Crippen LogP contribution in [0.1, 0.15) is 0 Å². The maximum Gasteiger partial charge on any atom is 0.130 e. The third-order valence-corrected chi connectivity index (χ3v) is 3.15. The fraction of sp³-hybridized carbons (Fsp3) is 0. The van der Waals surface area contributed by atoms with Crippen molar-refractivity contribution in [2.24, 2.45) is 0 Å². The molecule has 0 aliphatic carbocycles. The molecule has 0 radical (unpaired) electrons. The van der Waals surface area contributed by atoms with Crippen LogP contribution in [0.25, 0.3) is 0 Å². The van der Waals surface area contributed by atoms with Crippen molar-refractivity contribution in [3.63, 3.8) is 0 Å². The number of hydrogen-bond acceptors (Lipinski definition) is 5. The summed E-state index contributed by atoms with van der Waals surface area (Å²) >= 11 is 0. The van der Waals surface area contributed by atoms with Crippen LogP contribution in [0.2, 0.25) is 0 Å². The Balaban J connectivity index is 1.67. The summed E-state index contributed by atoms with van der Waals surface area (Å²) in [4.78, 5) is 4.38. The molecule has 0 atom stereocenters. The molecule has 6 N–H and O–H groups in total. The predicted octanol–water partition coefficient (Wildman–Crippen LogP) is 3.73. The monoisotopic (exact) mass is 291 g/mol. The molecule has 110 valence electrons.